The highest BCUT2D eigenvalue weighted by Crippen LogP contribution is 2.32. The molecule has 0 atom stereocenters. The molecule has 0 spiro atoms. The summed E-state index contributed by atoms with van der Waals surface area (Å²) in [4.78, 5) is 29.1. The molecule has 0 bridgehead atoms. The van der Waals surface area contributed by atoms with Gasteiger partial charge in [-0.25, -0.2) is 18.2 Å². The van der Waals surface area contributed by atoms with Gasteiger partial charge in [-0.05, 0) is 56.9 Å². The molecule has 2 aromatic heterocycles. The van der Waals surface area contributed by atoms with Crippen molar-refractivity contribution in [3.05, 3.63) is 41.2 Å². The molecule has 3 aromatic rings. The molecule has 1 fully saturated rings. The molecule has 1 N–H and O–H groups in total. The van der Waals surface area contributed by atoms with E-state index in [-0.39, 0.29) is 42.4 Å². The van der Waals surface area contributed by atoms with Crippen molar-refractivity contribution < 1.29 is 27.2 Å². The lowest BCUT2D eigenvalue weighted by Gasteiger charge is -2.29. The molecule has 1 saturated heterocycles. The minimum absolute atomic E-state index is 0.160. The fourth-order valence-corrected chi connectivity index (χ4v) is 6.17. The van der Waals surface area contributed by atoms with E-state index in [2.05, 4.69) is 10.3 Å². The summed E-state index contributed by atoms with van der Waals surface area (Å²) in [5.74, 6) is -1.36. The number of aromatic nitrogens is 1. The first-order chi connectivity index (χ1) is 15.7. The first-order valence-electron chi connectivity index (χ1n) is 10.7. The SMILES string of the molecule is CCOC(=O)c1ccc(S(=O)(=O)N2CCC(C(=O)Nc3nc4c(C)ccc(C)c4s3)CC2)o1. The van der Waals surface area contributed by atoms with E-state index in [9.17, 15) is 18.0 Å². The second-order valence-corrected chi connectivity index (χ2v) is 10.8. The van der Waals surface area contributed by atoms with Crippen LogP contribution in [0.4, 0.5) is 5.13 Å². The molecule has 3 heterocycles. The second-order valence-electron chi connectivity index (χ2n) is 7.90. The number of piperidine rings is 1. The maximum atomic E-state index is 12.9. The van der Waals surface area contributed by atoms with Gasteiger partial charge in [0, 0.05) is 19.0 Å². The molecule has 4 rings (SSSR count). The quantitative estimate of drug-likeness (QED) is 0.522. The zero-order valence-corrected chi connectivity index (χ0v) is 20.2. The van der Waals surface area contributed by atoms with Crippen molar-refractivity contribution in [3.8, 4) is 0 Å². The van der Waals surface area contributed by atoms with Crippen LogP contribution in [0.3, 0.4) is 0 Å². The third kappa shape index (κ3) is 4.66. The number of hydrogen-bond acceptors (Lipinski definition) is 8. The first kappa shape index (κ1) is 23.4. The number of nitrogens with one attached hydrogen (secondary N) is 1. The monoisotopic (exact) mass is 491 g/mol. The summed E-state index contributed by atoms with van der Waals surface area (Å²) < 4.78 is 38.1. The van der Waals surface area contributed by atoms with Crippen LogP contribution in [0.15, 0.2) is 33.8 Å². The number of fused-ring (bicyclic) bond motifs is 1. The van der Waals surface area contributed by atoms with E-state index in [1.165, 1.54) is 27.8 Å². The Hall–Kier alpha value is -2.76. The lowest BCUT2D eigenvalue weighted by atomic mass is 9.97. The Bertz CT molecular complexity index is 1260. The number of carbonyl (C=O) groups excluding carboxylic acids is 2. The number of carbonyl (C=O) groups is 2. The number of esters is 1. The number of hydrogen-bond donors (Lipinski definition) is 1. The molecule has 0 unspecified atom stereocenters. The highest BCUT2D eigenvalue weighted by Gasteiger charge is 2.34. The van der Waals surface area contributed by atoms with Gasteiger partial charge < -0.3 is 14.5 Å². The standard InChI is InChI=1S/C22H25N3O6S2/c1-4-30-21(27)16-7-8-17(31-16)33(28,29)25-11-9-15(10-12-25)20(26)24-22-23-18-13(2)5-6-14(3)19(18)32-22/h5-8,15H,4,9-12H2,1-3H3,(H,23,24,26). The number of sulfonamides is 1. The molecule has 1 aliphatic heterocycles. The first-order valence-corrected chi connectivity index (χ1v) is 12.9. The number of aryl methyl sites for hydroxylation is 2. The van der Waals surface area contributed by atoms with Gasteiger partial charge in [-0.2, -0.15) is 4.31 Å². The van der Waals surface area contributed by atoms with Crippen molar-refractivity contribution in [2.75, 3.05) is 25.0 Å². The summed E-state index contributed by atoms with van der Waals surface area (Å²) in [6.07, 6.45) is 0.749. The molecule has 33 heavy (non-hydrogen) atoms. The Kier molecular flexibility index (Phi) is 6.55. The smallest absolute Gasteiger partial charge is 0.374 e. The van der Waals surface area contributed by atoms with Gasteiger partial charge in [0.15, 0.2) is 5.13 Å². The molecule has 11 heteroatoms. The number of rotatable bonds is 6. The Balaban J connectivity index is 1.39. The number of anilines is 1. The largest absolute Gasteiger partial charge is 0.460 e. The number of amides is 1. The lowest BCUT2D eigenvalue weighted by Crippen LogP contribution is -2.41. The summed E-state index contributed by atoms with van der Waals surface area (Å²) in [6.45, 7) is 6.15. The van der Waals surface area contributed by atoms with Crippen molar-refractivity contribution in [2.45, 2.75) is 38.7 Å². The van der Waals surface area contributed by atoms with Crippen LogP contribution < -0.4 is 5.32 Å². The third-order valence-corrected chi connectivity index (χ3v) is 8.53. The van der Waals surface area contributed by atoms with E-state index in [0.717, 1.165) is 21.3 Å². The van der Waals surface area contributed by atoms with Gasteiger partial charge in [-0.1, -0.05) is 23.5 Å². The highest BCUT2D eigenvalue weighted by molar-refractivity contribution is 7.89. The van der Waals surface area contributed by atoms with Gasteiger partial charge in [0.25, 0.3) is 10.0 Å². The molecule has 9 nitrogen and oxygen atoms in total. The van der Waals surface area contributed by atoms with Gasteiger partial charge in [0.1, 0.15) is 0 Å². The fraction of sp³-hybridized carbons (Fsp3) is 0.409. The Morgan fingerprint density at radius 1 is 1.18 bits per heavy atom. The zero-order chi connectivity index (χ0) is 23.8. The van der Waals surface area contributed by atoms with E-state index in [4.69, 9.17) is 9.15 Å². The van der Waals surface area contributed by atoms with E-state index < -0.39 is 16.0 Å². The van der Waals surface area contributed by atoms with Gasteiger partial charge >= 0.3 is 5.97 Å². The average molecular weight is 492 g/mol. The van der Waals surface area contributed by atoms with E-state index >= 15 is 0 Å². The van der Waals surface area contributed by atoms with Crippen LogP contribution in [0.1, 0.15) is 41.4 Å². The maximum Gasteiger partial charge on any atom is 0.374 e. The van der Waals surface area contributed by atoms with Crippen LogP contribution in [0.2, 0.25) is 0 Å². The summed E-state index contributed by atoms with van der Waals surface area (Å²) in [5, 5.41) is 3.13. The normalized spacial score (nSPS) is 15.6. The van der Waals surface area contributed by atoms with Crippen molar-refractivity contribution >= 4 is 48.6 Å². The number of ether oxygens (including phenoxy) is 1. The third-order valence-electron chi connectivity index (χ3n) is 5.65. The maximum absolute atomic E-state index is 12.9. The molecule has 0 aliphatic carbocycles. The number of thiazole rings is 1. The number of benzene rings is 1. The minimum atomic E-state index is -3.91. The molecule has 1 amide bonds. The van der Waals surface area contributed by atoms with Gasteiger partial charge in [-0.15, -0.1) is 0 Å². The number of nitrogens with zero attached hydrogens (tertiary/aromatic N) is 2. The van der Waals surface area contributed by atoms with E-state index in [1.54, 1.807) is 6.92 Å². The molecule has 1 aliphatic rings. The Labute approximate surface area is 195 Å². The van der Waals surface area contributed by atoms with Crippen LogP contribution in [-0.2, 0) is 19.6 Å². The van der Waals surface area contributed by atoms with E-state index in [0.29, 0.717) is 18.0 Å². The fourth-order valence-electron chi connectivity index (χ4n) is 3.78. The molecular weight excluding hydrogens is 466 g/mol. The Morgan fingerprint density at radius 3 is 2.55 bits per heavy atom. The van der Waals surface area contributed by atoms with Gasteiger partial charge in [0.2, 0.25) is 16.8 Å². The van der Waals surface area contributed by atoms with Crippen molar-refractivity contribution in [1.82, 2.24) is 9.29 Å². The van der Waals surface area contributed by atoms with Crippen molar-refractivity contribution in [3.63, 3.8) is 0 Å². The van der Waals surface area contributed by atoms with Crippen LogP contribution in [0.5, 0.6) is 0 Å². The number of furan rings is 1. The van der Waals surface area contributed by atoms with Gasteiger partial charge in [0.05, 0.1) is 16.8 Å². The summed E-state index contributed by atoms with van der Waals surface area (Å²) in [7, 11) is -3.91. The Morgan fingerprint density at radius 2 is 1.88 bits per heavy atom. The molecule has 0 saturated carbocycles. The summed E-state index contributed by atoms with van der Waals surface area (Å²) in [6, 6.07) is 6.57. The van der Waals surface area contributed by atoms with E-state index in [1.807, 2.05) is 26.0 Å². The average Bonchev–Trinajstić information content (AvgIpc) is 3.45. The van der Waals surface area contributed by atoms with Crippen molar-refractivity contribution in [1.29, 1.82) is 0 Å². The topological polar surface area (TPSA) is 119 Å². The van der Waals surface area contributed by atoms with Crippen LogP contribution in [0.25, 0.3) is 10.2 Å². The molecule has 0 radical (unpaired) electrons. The summed E-state index contributed by atoms with van der Waals surface area (Å²) >= 11 is 1.44. The molecule has 176 valence electrons. The van der Waals surface area contributed by atoms with Gasteiger partial charge in [-0.3, -0.25) is 4.79 Å². The predicted molar refractivity (Wildman–Crippen MR) is 124 cm³/mol. The lowest BCUT2D eigenvalue weighted by molar-refractivity contribution is -0.120. The second kappa shape index (κ2) is 9.24. The predicted octanol–water partition coefficient (Wildman–Crippen LogP) is 3.72. The summed E-state index contributed by atoms with van der Waals surface area (Å²) in [5.41, 5.74) is 3.04. The van der Waals surface area contributed by atoms with Crippen LogP contribution in [0, 0.1) is 19.8 Å². The zero-order valence-electron chi connectivity index (χ0n) is 18.6. The molecule has 1 aromatic carbocycles. The minimum Gasteiger partial charge on any atom is -0.460 e. The van der Waals surface area contributed by atoms with Crippen LogP contribution in [-0.4, -0.2) is 49.3 Å². The van der Waals surface area contributed by atoms with Crippen LogP contribution >= 0.6 is 11.3 Å². The highest BCUT2D eigenvalue weighted by atomic mass is 32.2. The van der Waals surface area contributed by atoms with Crippen molar-refractivity contribution in [2.24, 2.45) is 5.92 Å². The molecular formula is C22H25N3O6S2.